The van der Waals surface area contributed by atoms with Crippen LogP contribution in [0.5, 0.6) is 11.5 Å². The number of methoxy groups -OCH3 is 2. The van der Waals surface area contributed by atoms with Crippen LogP contribution in [0.1, 0.15) is 41.0 Å². The van der Waals surface area contributed by atoms with E-state index in [4.69, 9.17) is 14.5 Å². The minimum absolute atomic E-state index is 0.0693. The number of rotatable bonds is 8. The maximum atomic E-state index is 13.4. The standard InChI is InChI=1S/C25H28N2O3S/c1-29-21-13-8-11-19(24(21)30-2)15-16-23(28)27(17-18-9-4-3-5-10-18)25-26-20-12-6-7-14-22(20)31-25/h3-5,8-11,13H,6-7,12,14-17H2,1-2H3. The van der Waals surface area contributed by atoms with Gasteiger partial charge in [-0.05, 0) is 49.3 Å². The van der Waals surface area contributed by atoms with Gasteiger partial charge in [-0.3, -0.25) is 9.69 Å². The first kappa shape index (κ1) is 21.4. The summed E-state index contributed by atoms with van der Waals surface area (Å²) in [4.78, 5) is 21.5. The first-order valence-electron chi connectivity index (χ1n) is 10.7. The van der Waals surface area contributed by atoms with Crippen molar-refractivity contribution in [3.05, 3.63) is 70.2 Å². The first-order chi connectivity index (χ1) is 15.2. The Morgan fingerprint density at radius 2 is 1.84 bits per heavy atom. The molecule has 1 heterocycles. The van der Waals surface area contributed by atoms with Gasteiger partial charge in [-0.15, -0.1) is 11.3 Å². The zero-order chi connectivity index (χ0) is 21.6. The van der Waals surface area contributed by atoms with Gasteiger partial charge in [0.1, 0.15) is 0 Å². The molecule has 0 aliphatic heterocycles. The summed E-state index contributed by atoms with van der Waals surface area (Å²) in [6, 6.07) is 15.9. The lowest BCUT2D eigenvalue weighted by Crippen LogP contribution is -2.30. The molecule has 1 aliphatic carbocycles. The van der Waals surface area contributed by atoms with Crippen molar-refractivity contribution in [2.75, 3.05) is 19.1 Å². The van der Waals surface area contributed by atoms with Gasteiger partial charge in [-0.25, -0.2) is 4.98 Å². The van der Waals surface area contributed by atoms with Crippen LogP contribution in [0.25, 0.3) is 0 Å². The molecule has 31 heavy (non-hydrogen) atoms. The predicted molar refractivity (Wildman–Crippen MR) is 124 cm³/mol. The Morgan fingerprint density at radius 1 is 1.03 bits per heavy atom. The fraction of sp³-hybridized carbons (Fsp3) is 0.360. The molecule has 0 unspecified atom stereocenters. The highest BCUT2D eigenvalue weighted by Crippen LogP contribution is 2.34. The van der Waals surface area contributed by atoms with Crippen LogP contribution in [0, 0.1) is 0 Å². The van der Waals surface area contributed by atoms with Crippen molar-refractivity contribution in [3.63, 3.8) is 0 Å². The first-order valence-corrected chi connectivity index (χ1v) is 11.5. The molecule has 0 atom stereocenters. The van der Waals surface area contributed by atoms with Crippen LogP contribution in [0.2, 0.25) is 0 Å². The van der Waals surface area contributed by atoms with Gasteiger partial charge in [0.25, 0.3) is 0 Å². The fourth-order valence-corrected chi connectivity index (χ4v) is 5.17. The van der Waals surface area contributed by atoms with Crippen LogP contribution < -0.4 is 14.4 Å². The van der Waals surface area contributed by atoms with E-state index in [0.717, 1.165) is 29.1 Å². The number of thiazole rings is 1. The molecule has 0 bridgehead atoms. The smallest absolute Gasteiger partial charge is 0.229 e. The molecule has 3 aromatic rings. The van der Waals surface area contributed by atoms with Crippen molar-refractivity contribution in [1.82, 2.24) is 4.98 Å². The second-order valence-electron chi connectivity index (χ2n) is 7.69. The Balaban J connectivity index is 1.56. The maximum Gasteiger partial charge on any atom is 0.229 e. The highest BCUT2D eigenvalue weighted by Gasteiger charge is 2.24. The minimum Gasteiger partial charge on any atom is -0.493 e. The Hall–Kier alpha value is -2.86. The van der Waals surface area contributed by atoms with Gasteiger partial charge in [0.05, 0.1) is 26.5 Å². The molecule has 6 heteroatoms. The fourth-order valence-electron chi connectivity index (χ4n) is 4.01. The molecule has 4 rings (SSSR count). The number of anilines is 1. The molecule has 0 N–H and O–H groups in total. The average Bonchev–Trinajstić information content (AvgIpc) is 3.25. The van der Waals surface area contributed by atoms with Crippen molar-refractivity contribution in [3.8, 4) is 11.5 Å². The Morgan fingerprint density at radius 3 is 2.58 bits per heavy atom. The van der Waals surface area contributed by atoms with Crippen LogP contribution in [0.15, 0.2) is 48.5 Å². The summed E-state index contributed by atoms with van der Waals surface area (Å²) in [7, 11) is 3.25. The second-order valence-corrected chi connectivity index (χ2v) is 8.75. The molecule has 1 aliphatic rings. The third-order valence-electron chi connectivity index (χ3n) is 5.64. The van der Waals surface area contributed by atoms with Gasteiger partial charge in [-0.1, -0.05) is 42.5 Å². The number of carbonyl (C=O) groups excluding carboxylic acids is 1. The van der Waals surface area contributed by atoms with Gasteiger partial charge in [-0.2, -0.15) is 0 Å². The van der Waals surface area contributed by atoms with E-state index in [1.54, 1.807) is 25.6 Å². The van der Waals surface area contributed by atoms with Gasteiger partial charge in [0, 0.05) is 11.3 Å². The molecular weight excluding hydrogens is 408 g/mol. The third kappa shape index (κ3) is 4.90. The summed E-state index contributed by atoms with van der Waals surface area (Å²) in [5.74, 6) is 1.44. The summed E-state index contributed by atoms with van der Waals surface area (Å²) in [5, 5.41) is 0.818. The van der Waals surface area contributed by atoms with Crippen molar-refractivity contribution in [1.29, 1.82) is 0 Å². The van der Waals surface area contributed by atoms with Crippen LogP contribution in [0.3, 0.4) is 0 Å². The Kier molecular flexibility index (Phi) is 6.87. The largest absolute Gasteiger partial charge is 0.493 e. The number of para-hydroxylation sites is 1. The SMILES string of the molecule is COc1cccc(CCC(=O)N(Cc2ccccc2)c2nc3c(s2)CCCC3)c1OC. The summed E-state index contributed by atoms with van der Waals surface area (Å²) >= 11 is 1.68. The molecule has 0 saturated heterocycles. The quantitative estimate of drug-likeness (QED) is 0.487. The molecule has 2 aromatic carbocycles. The van der Waals surface area contributed by atoms with Crippen molar-refractivity contribution < 1.29 is 14.3 Å². The second kappa shape index (κ2) is 9.96. The average molecular weight is 437 g/mol. The van der Waals surface area contributed by atoms with Crippen LogP contribution in [0.4, 0.5) is 5.13 Å². The molecule has 0 fully saturated rings. The third-order valence-corrected chi connectivity index (χ3v) is 6.82. The number of hydrogen-bond donors (Lipinski definition) is 0. The van der Waals surface area contributed by atoms with E-state index in [1.165, 1.54) is 23.4 Å². The molecule has 1 aromatic heterocycles. The van der Waals surface area contributed by atoms with E-state index in [-0.39, 0.29) is 5.91 Å². The lowest BCUT2D eigenvalue weighted by Gasteiger charge is -2.21. The van der Waals surface area contributed by atoms with Gasteiger partial charge < -0.3 is 9.47 Å². The lowest BCUT2D eigenvalue weighted by atomic mass is 10.0. The number of amides is 1. The number of ether oxygens (including phenoxy) is 2. The van der Waals surface area contributed by atoms with Crippen molar-refractivity contribution in [2.45, 2.75) is 45.1 Å². The van der Waals surface area contributed by atoms with Crippen LogP contribution >= 0.6 is 11.3 Å². The number of aryl methyl sites for hydroxylation is 3. The summed E-state index contributed by atoms with van der Waals surface area (Å²) in [6.07, 6.45) is 5.42. The highest BCUT2D eigenvalue weighted by molar-refractivity contribution is 7.15. The van der Waals surface area contributed by atoms with Crippen LogP contribution in [-0.4, -0.2) is 25.1 Å². The molecule has 0 spiro atoms. The zero-order valence-electron chi connectivity index (χ0n) is 18.1. The topological polar surface area (TPSA) is 51.7 Å². The number of aromatic nitrogens is 1. The molecule has 1 amide bonds. The number of benzene rings is 2. The number of carbonyl (C=O) groups is 1. The van der Waals surface area contributed by atoms with Crippen molar-refractivity contribution in [2.24, 2.45) is 0 Å². The molecule has 5 nitrogen and oxygen atoms in total. The number of nitrogens with zero attached hydrogens (tertiary/aromatic N) is 2. The molecular formula is C25H28N2O3S. The zero-order valence-corrected chi connectivity index (χ0v) is 18.9. The van der Waals surface area contributed by atoms with E-state index in [1.807, 2.05) is 41.3 Å². The predicted octanol–water partition coefficient (Wildman–Crippen LogP) is 5.21. The van der Waals surface area contributed by atoms with E-state index >= 15 is 0 Å². The summed E-state index contributed by atoms with van der Waals surface area (Å²) in [6.45, 7) is 0.529. The monoisotopic (exact) mass is 436 g/mol. The summed E-state index contributed by atoms with van der Waals surface area (Å²) in [5.41, 5.74) is 3.24. The normalized spacial score (nSPS) is 12.8. The van der Waals surface area contributed by atoms with E-state index in [9.17, 15) is 4.79 Å². The van der Waals surface area contributed by atoms with E-state index < -0.39 is 0 Å². The molecule has 0 saturated carbocycles. The van der Waals surface area contributed by atoms with Gasteiger partial charge in [0.15, 0.2) is 16.6 Å². The Bertz CT molecular complexity index is 1010. The molecule has 0 radical (unpaired) electrons. The maximum absolute atomic E-state index is 13.4. The lowest BCUT2D eigenvalue weighted by molar-refractivity contribution is -0.118. The summed E-state index contributed by atoms with van der Waals surface area (Å²) < 4.78 is 10.9. The Labute approximate surface area is 187 Å². The number of hydrogen-bond acceptors (Lipinski definition) is 5. The van der Waals surface area contributed by atoms with E-state index in [0.29, 0.717) is 30.9 Å². The number of fused-ring (bicyclic) bond motifs is 1. The highest BCUT2D eigenvalue weighted by atomic mass is 32.1. The van der Waals surface area contributed by atoms with E-state index in [2.05, 4.69) is 12.1 Å². The van der Waals surface area contributed by atoms with Gasteiger partial charge >= 0.3 is 0 Å². The van der Waals surface area contributed by atoms with Crippen molar-refractivity contribution >= 4 is 22.4 Å². The van der Waals surface area contributed by atoms with Crippen LogP contribution in [-0.2, 0) is 30.6 Å². The molecule has 162 valence electrons. The van der Waals surface area contributed by atoms with Gasteiger partial charge in [0.2, 0.25) is 5.91 Å². The minimum atomic E-state index is 0.0693.